The van der Waals surface area contributed by atoms with E-state index in [1.807, 2.05) is 13.0 Å². The number of rotatable bonds is 3. The van der Waals surface area contributed by atoms with Crippen LogP contribution in [0.15, 0.2) is 16.7 Å². The molecule has 0 amide bonds. The average molecular weight is 329 g/mol. The lowest BCUT2D eigenvalue weighted by Crippen LogP contribution is -2.44. The molecule has 0 aromatic carbocycles. The van der Waals surface area contributed by atoms with Crippen LogP contribution in [-0.4, -0.2) is 43.9 Å². The van der Waals surface area contributed by atoms with Crippen molar-refractivity contribution < 1.29 is 14.3 Å². The SMILES string of the molecule is COC(=O)CC1CN(c2nccc(C)c2Br)CCO1. The number of aromatic nitrogens is 1. The summed E-state index contributed by atoms with van der Waals surface area (Å²) in [4.78, 5) is 17.8. The number of morpholine rings is 1. The van der Waals surface area contributed by atoms with Gasteiger partial charge in [0.25, 0.3) is 0 Å². The van der Waals surface area contributed by atoms with E-state index in [0.29, 0.717) is 13.2 Å². The van der Waals surface area contributed by atoms with Gasteiger partial charge in [0.05, 0.1) is 30.7 Å². The fourth-order valence-corrected chi connectivity index (χ4v) is 2.54. The van der Waals surface area contributed by atoms with Crippen LogP contribution in [-0.2, 0) is 14.3 Å². The Kier molecular flexibility index (Phi) is 4.76. The van der Waals surface area contributed by atoms with E-state index in [1.54, 1.807) is 6.20 Å². The molecule has 0 radical (unpaired) electrons. The van der Waals surface area contributed by atoms with Gasteiger partial charge < -0.3 is 14.4 Å². The quantitative estimate of drug-likeness (QED) is 0.793. The minimum absolute atomic E-state index is 0.143. The Hall–Kier alpha value is -1.14. The Morgan fingerprint density at radius 2 is 2.47 bits per heavy atom. The highest BCUT2D eigenvalue weighted by atomic mass is 79.9. The second-order valence-corrected chi connectivity index (χ2v) is 5.28. The maximum Gasteiger partial charge on any atom is 0.308 e. The molecular formula is C13H17BrN2O3. The van der Waals surface area contributed by atoms with Gasteiger partial charge in [0.2, 0.25) is 0 Å². The van der Waals surface area contributed by atoms with Gasteiger partial charge in [-0.25, -0.2) is 4.98 Å². The molecule has 6 heteroatoms. The number of nitrogens with zero attached hydrogens (tertiary/aromatic N) is 2. The molecule has 2 rings (SSSR count). The van der Waals surface area contributed by atoms with E-state index in [4.69, 9.17) is 4.74 Å². The Labute approximate surface area is 121 Å². The van der Waals surface area contributed by atoms with Crippen molar-refractivity contribution in [3.05, 3.63) is 22.3 Å². The smallest absolute Gasteiger partial charge is 0.308 e. The summed E-state index contributed by atoms with van der Waals surface area (Å²) < 4.78 is 11.3. The third-order valence-electron chi connectivity index (χ3n) is 3.12. The van der Waals surface area contributed by atoms with E-state index < -0.39 is 0 Å². The van der Waals surface area contributed by atoms with E-state index in [1.165, 1.54) is 7.11 Å². The largest absolute Gasteiger partial charge is 0.469 e. The highest BCUT2D eigenvalue weighted by molar-refractivity contribution is 9.10. The van der Waals surface area contributed by atoms with Crippen molar-refractivity contribution in [1.82, 2.24) is 4.98 Å². The lowest BCUT2D eigenvalue weighted by atomic mass is 10.2. The first-order valence-corrected chi connectivity index (χ1v) is 6.95. The topological polar surface area (TPSA) is 51.7 Å². The number of esters is 1. The van der Waals surface area contributed by atoms with Crippen LogP contribution in [0.4, 0.5) is 5.82 Å². The standard InChI is InChI=1S/C13H17BrN2O3/c1-9-3-4-15-13(12(9)14)16-5-6-19-10(8-16)7-11(17)18-2/h3-4,10H,5-8H2,1-2H3. The van der Waals surface area contributed by atoms with E-state index in [2.05, 4.69) is 30.6 Å². The zero-order valence-corrected chi connectivity index (χ0v) is 12.6. The van der Waals surface area contributed by atoms with Gasteiger partial charge in [-0.3, -0.25) is 4.79 Å². The number of carbonyl (C=O) groups excluding carboxylic acids is 1. The van der Waals surface area contributed by atoms with Crippen molar-refractivity contribution in [3.8, 4) is 0 Å². The number of methoxy groups -OCH3 is 1. The van der Waals surface area contributed by atoms with Crippen molar-refractivity contribution >= 4 is 27.7 Å². The normalized spacial score (nSPS) is 19.3. The van der Waals surface area contributed by atoms with Crippen LogP contribution < -0.4 is 4.90 Å². The van der Waals surface area contributed by atoms with Gasteiger partial charge in [-0.2, -0.15) is 0 Å². The molecule has 1 saturated heterocycles. The van der Waals surface area contributed by atoms with Crippen molar-refractivity contribution in [2.24, 2.45) is 0 Å². The van der Waals surface area contributed by atoms with Gasteiger partial charge in [0.15, 0.2) is 0 Å². The monoisotopic (exact) mass is 328 g/mol. The van der Waals surface area contributed by atoms with Crippen LogP contribution in [0, 0.1) is 6.92 Å². The summed E-state index contributed by atoms with van der Waals surface area (Å²) in [6.45, 7) is 4.03. The summed E-state index contributed by atoms with van der Waals surface area (Å²) in [5.41, 5.74) is 1.14. The Balaban J connectivity index is 2.08. The molecular weight excluding hydrogens is 312 g/mol. The predicted molar refractivity (Wildman–Crippen MR) is 75.3 cm³/mol. The van der Waals surface area contributed by atoms with Crippen molar-refractivity contribution in [3.63, 3.8) is 0 Å². The van der Waals surface area contributed by atoms with Gasteiger partial charge in [-0.05, 0) is 34.5 Å². The average Bonchev–Trinajstić information content (AvgIpc) is 2.42. The van der Waals surface area contributed by atoms with E-state index >= 15 is 0 Å². The number of hydrogen-bond donors (Lipinski definition) is 0. The maximum atomic E-state index is 11.3. The molecule has 104 valence electrons. The molecule has 1 fully saturated rings. The molecule has 1 aromatic rings. The van der Waals surface area contributed by atoms with Crippen LogP contribution >= 0.6 is 15.9 Å². The first-order valence-electron chi connectivity index (χ1n) is 6.16. The van der Waals surface area contributed by atoms with E-state index in [0.717, 1.165) is 22.4 Å². The lowest BCUT2D eigenvalue weighted by molar-refractivity contribution is -0.144. The molecule has 1 aliphatic heterocycles. The van der Waals surface area contributed by atoms with Crippen molar-refractivity contribution in [2.45, 2.75) is 19.4 Å². The van der Waals surface area contributed by atoms with E-state index in [9.17, 15) is 4.79 Å². The number of anilines is 1. The molecule has 1 atom stereocenters. The van der Waals surface area contributed by atoms with Crippen LogP contribution in [0.3, 0.4) is 0 Å². The fourth-order valence-electron chi connectivity index (χ4n) is 2.05. The van der Waals surface area contributed by atoms with Crippen LogP contribution in [0.2, 0.25) is 0 Å². The van der Waals surface area contributed by atoms with Gasteiger partial charge >= 0.3 is 5.97 Å². The third kappa shape index (κ3) is 3.45. The number of pyridine rings is 1. The number of carbonyl (C=O) groups is 1. The van der Waals surface area contributed by atoms with Gasteiger partial charge in [-0.1, -0.05) is 0 Å². The minimum Gasteiger partial charge on any atom is -0.469 e. The summed E-state index contributed by atoms with van der Waals surface area (Å²) in [6.07, 6.45) is 1.92. The summed E-state index contributed by atoms with van der Waals surface area (Å²) in [5.74, 6) is 0.654. The molecule has 0 spiro atoms. The zero-order chi connectivity index (χ0) is 13.8. The maximum absolute atomic E-state index is 11.3. The first kappa shape index (κ1) is 14.3. The van der Waals surface area contributed by atoms with E-state index in [-0.39, 0.29) is 18.5 Å². The van der Waals surface area contributed by atoms with Crippen LogP contribution in [0.25, 0.3) is 0 Å². The highest BCUT2D eigenvalue weighted by Crippen LogP contribution is 2.28. The molecule has 2 heterocycles. The second-order valence-electron chi connectivity index (χ2n) is 4.48. The van der Waals surface area contributed by atoms with Crippen LogP contribution in [0.5, 0.6) is 0 Å². The number of hydrogen-bond acceptors (Lipinski definition) is 5. The van der Waals surface area contributed by atoms with Crippen LogP contribution in [0.1, 0.15) is 12.0 Å². The van der Waals surface area contributed by atoms with Gasteiger partial charge in [-0.15, -0.1) is 0 Å². The first-order chi connectivity index (χ1) is 9.11. The van der Waals surface area contributed by atoms with Crippen molar-refractivity contribution in [1.29, 1.82) is 0 Å². The highest BCUT2D eigenvalue weighted by Gasteiger charge is 2.25. The molecule has 1 aromatic heterocycles. The Morgan fingerprint density at radius 1 is 1.68 bits per heavy atom. The molecule has 19 heavy (non-hydrogen) atoms. The molecule has 0 N–H and O–H groups in total. The molecule has 5 nitrogen and oxygen atoms in total. The summed E-state index contributed by atoms with van der Waals surface area (Å²) >= 11 is 3.56. The number of halogens is 1. The molecule has 0 bridgehead atoms. The van der Waals surface area contributed by atoms with Crippen molar-refractivity contribution in [2.75, 3.05) is 31.7 Å². The molecule has 0 aliphatic carbocycles. The Bertz CT molecular complexity index is 467. The molecule has 0 saturated carbocycles. The minimum atomic E-state index is -0.247. The molecule has 1 aliphatic rings. The summed E-state index contributed by atoms with van der Waals surface area (Å²) in [6, 6.07) is 1.96. The third-order valence-corrected chi connectivity index (χ3v) is 4.10. The summed E-state index contributed by atoms with van der Waals surface area (Å²) in [5, 5.41) is 0. The van der Waals surface area contributed by atoms with Gasteiger partial charge in [0.1, 0.15) is 5.82 Å². The van der Waals surface area contributed by atoms with Gasteiger partial charge in [0, 0.05) is 19.3 Å². The Morgan fingerprint density at radius 3 is 3.21 bits per heavy atom. The fraction of sp³-hybridized carbons (Fsp3) is 0.538. The predicted octanol–water partition coefficient (Wildman–Crippen LogP) is 1.92. The lowest BCUT2D eigenvalue weighted by Gasteiger charge is -2.34. The molecule has 1 unspecified atom stereocenters. The number of aryl methyl sites for hydroxylation is 1. The summed E-state index contributed by atoms with van der Waals surface area (Å²) in [7, 11) is 1.39. The second kappa shape index (κ2) is 6.34. The zero-order valence-electron chi connectivity index (χ0n) is 11.1. The number of ether oxygens (including phenoxy) is 2.